The van der Waals surface area contributed by atoms with E-state index in [4.69, 9.17) is 9.47 Å². The van der Waals surface area contributed by atoms with Gasteiger partial charge in [0.15, 0.2) is 13.5 Å². The van der Waals surface area contributed by atoms with Crippen LogP contribution < -0.4 is 33.9 Å². The molecule has 8 heteroatoms. The Morgan fingerprint density at radius 1 is 0.352 bits per heavy atom. The molecule has 0 fully saturated rings. The molecule has 0 aromatic carbocycles. The van der Waals surface area contributed by atoms with Gasteiger partial charge in [0, 0.05) is 0 Å². The molecule has 6 nitrogen and oxygen atoms in total. The number of aryl methyl sites for hydroxylation is 2. The summed E-state index contributed by atoms with van der Waals surface area (Å²) in [5, 5.41) is 0. The van der Waals surface area contributed by atoms with E-state index in [2.05, 4.69) is 69.6 Å². The molecule has 0 atom stereocenters. The van der Waals surface area contributed by atoms with Crippen molar-refractivity contribution in [1.29, 1.82) is 0 Å². The maximum absolute atomic E-state index is 5.94. The highest BCUT2D eigenvalue weighted by atomic mass is 35.5. The third-order valence-electron chi connectivity index (χ3n) is 10.8. The SMILES string of the molecule is CCCCCCCCCCCCCCCCn1cc[n+](COCCCCCCOC[n+]2ccn(CCCCCCCCCCCCCCCC)c2)c1.[Cl-].[Cl-]. The minimum Gasteiger partial charge on any atom is -1.00 e. The average Bonchev–Trinajstić information content (AvgIpc) is 3.82. The van der Waals surface area contributed by atoms with Gasteiger partial charge in [-0.1, -0.05) is 181 Å². The molecule has 0 aliphatic carbocycles. The van der Waals surface area contributed by atoms with E-state index in [1.54, 1.807) is 0 Å². The minimum absolute atomic E-state index is 0. The number of halogens is 2. The molecule has 0 aliphatic heterocycles. The molecule has 318 valence electrons. The van der Waals surface area contributed by atoms with Crippen molar-refractivity contribution in [2.75, 3.05) is 13.2 Å². The molecule has 0 saturated heterocycles. The lowest BCUT2D eigenvalue weighted by atomic mass is 10.0. The molecule has 2 aromatic heterocycles. The monoisotopic (exact) mass is 799 g/mol. The topological polar surface area (TPSA) is 36.1 Å². The summed E-state index contributed by atoms with van der Waals surface area (Å²) in [4.78, 5) is 0. The highest BCUT2D eigenvalue weighted by molar-refractivity contribution is 4.67. The van der Waals surface area contributed by atoms with E-state index in [0.717, 1.165) is 39.1 Å². The molecular weight excluding hydrogens is 711 g/mol. The van der Waals surface area contributed by atoms with E-state index < -0.39 is 0 Å². The first-order chi connectivity index (χ1) is 25.8. The number of unbranched alkanes of at least 4 members (excludes halogenated alkanes) is 29. The van der Waals surface area contributed by atoms with Crippen LogP contribution in [0.25, 0.3) is 0 Å². The van der Waals surface area contributed by atoms with Crippen LogP contribution in [0.5, 0.6) is 0 Å². The first kappa shape index (κ1) is 52.9. The fourth-order valence-electron chi connectivity index (χ4n) is 7.37. The molecule has 0 unspecified atom stereocenters. The summed E-state index contributed by atoms with van der Waals surface area (Å²) in [5.74, 6) is 0. The summed E-state index contributed by atoms with van der Waals surface area (Å²) in [6.07, 6.45) is 57.3. The van der Waals surface area contributed by atoms with Crippen molar-refractivity contribution in [2.24, 2.45) is 0 Å². The van der Waals surface area contributed by atoms with Gasteiger partial charge in [0.2, 0.25) is 12.7 Å². The molecule has 54 heavy (non-hydrogen) atoms. The van der Waals surface area contributed by atoms with Gasteiger partial charge < -0.3 is 34.3 Å². The molecule has 0 radical (unpaired) electrons. The molecule has 0 spiro atoms. The molecule has 2 aromatic rings. The van der Waals surface area contributed by atoms with Gasteiger partial charge in [0.05, 0.1) is 26.3 Å². The maximum Gasteiger partial charge on any atom is 0.245 e. The Kier molecular flexibility index (Phi) is 40.7. The lowest BCUT2D eigenvalue weighted by Gasteiger charge is -2.04. The molecule has 0 aliphatic rings. The summed E-state index contributed by atoms with van der Waals surface area (Å²) in [5.41, 5.74) is 0. The van der Waals surface area contributed by atoms with Gasteiger partial charge >= 0.3 is 0 Å². The second-order valence-electron chi connectivity index (χ2n) is 16.0. The van der Waals surface area contributed by atoms with Crippen molar-refractivity contribution in [3.8, 4) is 0 Å². The van der Waals surface area contributed by atoms with Crippen molar-refractivity contribution in [2.45, 2.75) is 246 Å². The largest absolute Gasteiger partial charge is 1.00 e. The van der Waals surface area contributed by atoms with Crippen LogP contribution in [0, 0.1) is 0 Å². The van der Waals surface area contributed by atoms with Crippen molar-refractivity contribution < 1.29 is 43.4 Å². The first-order valence-corrected chi connectivity index (χ1v) is 23.1. The predicted octanol–water partition coefficient (Wildman–Crippen LogP) is 7.04. The van der Waals surface area contributed by atoms with Gasteiger partial charge in [-0.2, -0.15) is 0 Å². The Balaban J connectivity index is 0.0000140. The van der Waals surface area contributed by atoms with E-state index in [1.807, 2.05) is 0 Å². The van der Waals surface area contributed by atoms with E-state index >= 15 is 0 Å². The Labute approximate surface area is 347 Å². The summed E-state index contributed by atoms with van der Waals surface area (Å²) in [7, 11) is 0. The van der Waals surface area contributed by atoms with Crippen LogP contribution in [0.15, 0.2) is 37.4 Å². The Morgan fingerprint density at radius 2 is 0.611 bits per heavy atom. The van der Waals surface area contributed by atoms with Crippen molar-refractivity contribution in [1.82, 2.24) is 9.13 Å². The van der Waals surface area contributed by atoms with Crippen LogP contribution in [0.4, 0.5) is 0 Å². The maximum atomic E-state index is 5.94. The fourth-order valence-corrected chi connectivity index (χ4v) is 7.37. The smallest absolute Gasteiger partial charge is 0.245 e. The summed E-state index contributed by atoms with van der Waals surface area (Å²) < 4.78 is 20.9. The van der Waals surface area contributed by atoms with Gasteiger partial charge in [0.1, 0.15) is 24.8 Å². The number of ether oxygens (including phenoxy) is 2. The summed E-state index contributed by atoms with van der Waals surface area (Å²) in [6.45, 7) is 9.82. The fraction of sp³-hybridized carbons (Fsp3) is 0.870. The van der Waals surface area contributed by atoms with E-state index in [0.29, 0.717) is 13.5 Å². The van der Waals surface area contributed by atoms with Gasteiger partial charge in [-0.25, -0.2) is 18.3 Å². The summed E-state index contributed by atoms with van der Waals surface area (Å²) in [6, 6.07) is 0. The van der Waals surface area contributed by atoms with Crippen molar-refractivity contribution in [3.05, 3.63) is 37.4 Å². The van der Waals surface area contributed by atoms with E-state index in [-0.39, 0.29) is 24.8 Å². The molecular formula is C46H88Cl2N4O2. The zero-order valence-electron chi connectivity index (χ0n) is 35.7. The number of hydrogen-bond acceptors (Lipinski definition) is 2. The van der Waals surface area contributed by atoms with Crippen molar-refractivity contribution in [3.63, 3.8) is 0 Å². The molecule has 0 saturated carbocycles. The van der Waals surface area contributed by atoms with E-state index in [1.165, 1.54) is 193 Å². The second-order valence-corrected chi connectivity index (χ2v) is 16.0. The van der Waals surface area contributed by atoms with Gasteiger partial charge in [-0.05, 0) is 38.5 Å². The number of aromatic nitrogens is 4. The van der Waals surface area contributed by atoms with Crippen molar-refractivity contribution >= 4 is 0 Å². The van der Waals surface area contributed by atoms with E-state index in [9.17, 15) is 0 Å². The minimum atomic E-state index is 0. The number of nitrogens with zero attached hydrogens (tertiary/aromatic N) is 4. The molecule has 0 amide bonds. The Bertz CT molecular complexity index is 923. The quantitative estimate of drug-likeness (QED) is 0.0535. The summed E-state index contributed by atoms with van der Waals surface area (Å²) >= 11 is 0. The average molecular weight is 800 g/mol. The standard InChI is InChI=1S/C46H88N4O2.2ClH/c1-3-5-7-9-11-13-15-17-19-21-23-25-27-31-35-47-37-39-49(43-47)45-51-41-33-29-30-34-42-52-46-50-40-38-48(44-50)36-32-28-26-24-22-20-18-16-14-12-10-8-6-4-2;;/h37-40,43-44H,3-36,41-42,45-46H2,1-2H3;2*1H/q+2;;/p-2. The highest BCUT2D eigenvalue weighted by Crippen LogP contribution is 2.15. The second kappa shape index (κ2) is 41.6. The van der Waals surface area contributed by atoms with Gasteiger partial charge in [0.25, 0.3) is 0 Å². The highest BCUT2D eigenvalue weighted by Gasteiger charge is 2.05. The normalized spacial score (nSPS) is 11.2. The first-order valence-electron chi connectivity index (χ1n) is 23.1. The number of imidazole rings is 2. The van der Waals surface area contributed by atoms with Crippen LogP contribution in [-0.2, 0) is 36.0 Å². The zero-order chi connectivity index (χ0) is 36.8. The third kappa shape index (κ3) is 33.1. The van der Waals surface area contributed by atoms with Crippen LogP contribution in [0.3, 0.4) is 0 Å². The molecule has 2 rings (SSSR count). The number of hydrogen-bond donors (Lipinski definition) is 0. The van der Waals surface area contributed by atoms with Gasteiger partial charge in [-0.3, -0.25) is 0 Å². The van der Waals surface area contributed by atoms with Crippen LogP contribution in [0.2, 0.25) is 0 Å². The third-order valence-corrected chi connectivity index (χ3v) is 10.8. The van der Waals surface area contributed by atoms with Crippen LogP contribution in [-0.4, -0.2) is 22.3 Å². The zero-order valence-corrected chi connectivity index (χ0v) is 37.2. The van der Waals surface area contributed by atoms with Crippen LogP contribution >= 0.6 is 0 Å². The predicted molar refractivity (Wildman–Crippen MR) is 220 cm³/mol. The molecule has 2 heterocycles. The molecule has 0 bridgehead atoms. The van der Waals surface area contributed by atoms with Crippen LogP contribution in [0.1, 0.15) is 219 Å². The molecule has 0 N–H and O–H groups in total. The van der Waals surface area contributed by atoms with Gasteiger partial charge in [-0.15, -0.1) is 0 Å². The Morgan fingerprint density at radius 3 is 0.907 bits per heavy atom. The Hall–Kier alpha value is -1.08. The lowest BCUT2D eigenvalue weighted by molar-refractivity contribution is -0.732. The number of rotatable bonds is 41. The lowest BCUT2D eigenvalue weighted by Crippen LogP contribution is -3.00.